The third-order valence-electron chi connectivity index (χ3n) is 5.39. The van der Waals surface area contributed by atoms with Crippen molar-refractivity contribution < 1.29 is 9.15 Å². The fourth-order valence-corrected chi connectivity index (χ4v) is 3.92. The Morgan fingerprint density at radius 3 is 2.60 bits per heavy atom. The van der Waals surface area contributed by atoms with Crippen LogP contribution in [-0.2, 0) is 17.8 Å². The predicted octanol–water partition coefficient (Wildman–Crippen LogP) is 2.91. The Bertz CT molecular complexity index is 1400. The molecule has 2 heterocycles. The van der Waals surface area contributed by atoms with Crippen molar-refractivity contribution >= 4 is 23.1 Å². The summed E-state index contributed by atoms with van der Waals surface area (Å²) in [5.74, 6) is 0.571. The molecule has 182 valence electrons. The van der Waals surface area contributed by atoms with E-state index in [1.807, 2.05) is 36.4 Å². The van der Waals surface area contributed by atoms with Crippen LogP contribution in [-0.4, -0.2) is 40.0 Å². The lowest BCUT2D eigenvalue weighted by atomic mass is 10.2. The first-order valence-electron chi connectivity index (χ1n) is 11.0. The molecule has 2 aromatic heterocycles. The summed E-state index contributed by atoms with van der Waals surface area (Å²) in [6.45, 7) is 1.16. The molecule has 3 N–H and O–H groups in total. The number of anilines is 2. The van der Waals surface area contributed by atoms with E-state index in [4.69, 9.17) is 26.5 Å². The van der Waals surface area contributed by atoms with Crippen LogP contribution in [0.4, 0.5) is 11.5 Å². The van der Waals surface area contributed by atoms with E-state index in [9.17, 15) is 9.59 Å². The van der Waals surface area contributed by atoms with Crippen molar-refractivity contribution in [2.45, 2.75) is 19.5 Å². The lowest BCUT2D eigenvalue weighted by Gasteiger charge is -2.24. The van der Waals surface area contributed by atoms with E-state index in [0.29, 0.717) is 30.2 Å². The molecule has 0 spiro atoms. The van der Waals surface area contributed by atoms with Gasteiger partial charge in [-0.05, 0) is 24.1 Å². The first-order chi connectivity index (χ1) is 17.0. The van der Waals surface area contributed by atoms with Crippen LogP contribution in [0.15, 0.2) is 68.6 Å². The molecule has 0 aliphatic rings. The average molecular weight is 497 g/mol. The van der Waals surface area contributed by atoms with Crippen LogP contribution in [0.25, 0.3) is 11.5 Å². The second-order valence-electron chi connectivity index (χ2n) is 7.81. The Kier molecular flexibility index (Phi) is 7.64. The number of aromatic nitrogens is 4. The van der Waals surface area contributed by atoms with Crippen molar-refractivity contribution in [3.05, 3.63) is 91.9 Å². The van der Waals surface area contributed by atoms with Gasteiger partial charge in [0, 0.05) is 20.3 Å². The van der Waals surface area contributed by atoms with Gasteiger partial charge in [0.1, 0.15) is 11.5 Å². The molecule has 4 rings (SSSR count). The summed E-state index contributed by atoms with van der Waals surface area (Å²) in [6, 6.07) is 16.5. The standard InChI is InChI=1S/C24H25ClN6O4/c1-34-13-7-12-30(15-19-28-29-23(35-19)17-10-5-6-11-18(17)25)20-21(26)31(24(33)27-22(20)32)14-16-8-3-2-4-9-16/h2-6,8-11H,7,12-15,26H2,1H3,(H,27,32,33). The van der Waals surface area contributed by atoms with E-state index in [1.165, 1.54) is 4.57 Å². The summed E-state index contributed by atoms with van der Waals surface area (Å²) in [4.78, 5) is 29.6. The van der Waals surface area contributed by atoms with Crippen LogP contribution in [0, 0.1) is 0 Å². The van der Waals surface area contributed by atoms with Gasteiger partial charge in [-0.2, -0.15) is 0 Å². The maximum absolute atomic E-state index is 12.9. The van der Waals surface area contributed by atoms with Crippen molar-refractivity contribution in [1.82, 2.24) is 19.7 Å². The van der Waals surface area contributed by atoms with Crippen LogP contribution in [0.2, 0.25) is 5.02 Å². The first kappa shape index (κ1) is 24.2. The third-order valence-corrected chi connectivity index (χ3v) is 5.72. The van der Waals surface area contributed by atoms with Crippen LogP contribution in [0.3, 0.4) is 0 Å². The minimum absolute atomic E-state index is 0.0471. The maximum Gasteiger partial charge on any atom is 0.330 e. The summed E-state index contributed by atoms with van der Waals surface area (Å²) >= 11 is 6.25. The predicted molar refractivity (Wildman–Crippen MR) is 134 cm³/mol. The van der Waals surface area contributed by atoms with E-state index in [-0.39, 0.29) is 36.4 Å². The van der Waals surface area contributed by atoms with Crippen molar-refractivity contribution in [2.75, 3.05) is 30.9 Å². The second kappa shape index (κ2) is 11.0. The zero-order valence-electron chi connectivity index (χ0n) is 19.1. The third kappa shape index (κ3) is 5.61. The van der Waals surface area contributed by atoms with Gasteiger partial charge < -0.3 is 19.8 Å². The molecule has 0 bridgehead atoms. The Balaban J connectivity index is 1.69. The molecule has 0 saturated heterocycles. The highest BCUT2D eigenvalue weighted by Gasteiger charge is 2.22. The van der Waals surface area contributed by atoms with Gasteiger partial charge in [-0.25, -0.2) is 4.79 Å². The van der Waals surface area contributed by atoms with Crippen molar-refractivity contribution in [3.63, 3.8) is 0 Å². The van der Waals surface area contributed by atoms with Crippen molar-refractivity contribution in [2.24, 2.45) is 0 Å². The number of benzene rings is 2. The molecule has 2 aromatic carbocycles. The normalized spacial score (nSPS) is 11.0. The Morgan fingerprint density at radius 1 is 1.11 bits per heavy atom. The van der Waals surface area contributed by atoms with Crippen molar-refractivity contribution in [1.29, 1.82) is 0 Å². The molecular formula is C24H25ClN6O4. The smallest absolute Gasteiger partial charge is 0.330 e. The zero-order chi connectivity index (χ0) is 24.8. The van der Waals surface area contributed by atoms with Gasteiger partial charge in [0.2, 0.25) is 11.8 Å². The monoisotopic (exact) mass is 496 g/mol. The van der Waals surface area contributed by atoms with Crippen LogP contribution < -0.4 is 21.9 Å². The number of rotatable bonds is 10. The van der Waals surface area contributed by atoms with E-state index < -0.39 is 11.2 Å². The molecule has 11 heteroatoms. The second-order valence-corrected chi connectivity index (χ2v) is 8.22. The molecule has 0 atom stereocenters. The Hall–Kier alpha value is -3.89. The lowest BCUT2D eigenvalue weighted by molar-refractivity contribution is 0.196. The summed E-state index contributed by atoms with van der Waals surface area (Å²) in [6.07, 6.45) is 0.596. The molecule has 0 aliphatic carbocycles. The molecule has 0 unspecified atom stereocenters. The van der Waals surface area contributed by atoms with E-state index >= 15 is 0 Å². The Labute approximate surface area is 205 Å². The van der Waals surface area contributed by atoms with Gasteiger partial charge in [-0.15, -0.1) is 10.2 Å². The fourth-order valence-electron chi connectivity index (χ4n) is 3.70. The highest BCUT2D eigenvalue weighted by Crippen LogP contribution is 2.27. The summed E-state index contributed by atoms with van der Waals surface area (Å²) in [5, 5.41) is 8.70. The first-order valence-corrected chi connectivity index (χ1v) is 11.3. The quantitative estimate of drug-likeness (QED) is 0.320. The van der Waals surface area contributed by atoms with Crippen LogP contribution >= 0.6 is 11.6 Å². The van der Waals surface area contributed by atoms with E-state index in [1.54, 1.807) is 30.2 Å². The van der Waals surface area contributed by atoms with Crippen LogP contribution in [0.5, 0.6) is 0 Å². The SMILES string of the molecule is COCCCN(Cc1nnc(-c2ccccc2Cl)o1)c1c(N)n(Cc2ccccc2)c(=O)[nH]c1=O. The summed E-state index contributed by atoms with van der Waals surface area (Å²) in [5.41, 5.74) is 6.83. The molecule has 35 heavy (non-hydrogen) atoms. The molecule has 10 nitrogen and oxygen atoms in total. The minimum atomic E-state index is -0.597. The molecular weight excluding hydrogens is 472 g/mol. The van der Waals surface area contributed by atoms with Gasteiger partial charge >= 0.3 is 5.69 Å². The number of nitrogens with one attached hydrogen (secondary N) is 1. The Morgan fingerprint density at radius 2 is 1.86 bits per heavy atom. The highest BCUT2D eigenvalue weighted by molar-refractivity contribution is 6.33. The number of aromatic amines is 1. The number of nitrogens with zero attached hydrogens (tertiary/aromatic N) is 4. The zero-order valence-corrected chi connectivity index (χ0v) is 19.9. The van der Waals surface area contributed by atoms with Gasteiger partial charge in [0.25, 0.3) is 5.56 Å². The average Bonchev–Trinajstić information content (AvgIpc) is 3.31. The number of H-pyrrole nitrogens is 1. The molecule has 0 saturated carbocycles. The number of nitrogens with two attached hydrogens (primary N) is 1. The topological polar surface area (TPSA) is 132 Å². The molecule has 0 fully saturated rings. The van der Waals surface area contributed by atoms with Gasteiger partial charge in [-0.3, -0.25) is 14.3 Å². The van der Waals surface area contributed by atoms with Crippen molar-refractivity contribution in [3.8, 4) is 11.5 Å². The molecule has 0 amide bonds. The number of methoxy groups -OCH3 is 1. The molecule has 0 aliphatic heterocycles. The number of halogens is 1. The van der Waals surface area contributed by atoms with Gasteiger partial charge in [-0.1, -0.05) is 54.1 Å². The number of ether oxygens (including phenoxy) is 1. The largest absolute Gasteiger partial charge is 0.419 e. The highest BCUT2D eigenvalue weighted by atomic mass is 35.5. The summed E-state index contributed by atoms with van der Waals surface area (Å²) < 4.78 is 12.3. The minimum Gasteiger partial charge on any atom is -0.419 e. The fraction of sp³-hybridized carbons (Fsp3) is 0.250. The molecule has 0 radical (unpaired) electrons. The van der Waals surface area contributed by atoms with Gasteiger partial charge in [0.05, 0.1) is 23.7 Å². The van der Waals surface area contributed by atoms with E-state index in [0.717, 1.165) is 5.56 Å². The molecule has 4 aromatic rings. The summed E-state index contributed by atoms with van der Waals surface area (Å²) in [7, 11) is 1.60. The number of hydrogen-bond acceptors (Lipinski definition) is 8. The number of nitrogen functional groups attached to an aromatic ring is 1. The number of hydrogen-bond donors (Lipinski definition) is 2. The van der Waals surface area contributed by atoms with Gasteiger partial charge in [0.15, 0.2) is 0 Å². The van der Waals surface area contributed by atoms with Crippen LogP contribution in [0.1, 0.15) is 17.9 Å². The lowest BCUT2D eigenvalue weighted by Crippen LogP contribution is -2.39. The maximum atomic E-state index is 12.9. The van der Waals surface area contributed by atoms with E-state index in [2.05, 4.69) is 15.2 Å².